The van der Waals surface area contributed by atoms with E-state index in [1.165, 1.54) is 12.1 Å². The van der Waals surface area contributed by atoms with Gasteiger partial charge < -0.3 is 16.4 Å². The van der Waals surface area contributed by atoms with E-state index in [1.54, 1.807) is 30.3 Å². The number of hydrogen-bond donors (Lipinski definition) is 3. The maximum Gasteiger partial charge on any atom is 0.228 e. The minimum Gasteiger partial charge on any atom is -0.330 e. The van der Waals surface area contributed by atoms with E-state index >= 15 is 0 Å². The number of amides is 2. The number of nitrogens with two attached hydrogens (primary N) is 1. The number of carbonyl (C=O) groups excluding carboxylic acids is 2. The van der Waals surface area contributed by atoms with E-state index in [1.807, 2.05) is 6.92 Å². The van der Waals surface area contributed by atoms with E-state index in [-0.39, 0.29) is 30.5 Å². The molecular formula is C18H20FN3O2. The van der Waals surface area contributed by atoms with Gasteiger partial charge in [-0.15, -0.1) is 0 Å². The molecule has 0 bridgehead atoms. The molecule has 0 heterocycles. The van der Waals surface area contributed by atoms with Crippen LogP contribution in [0.3, 0.4) is 0 Å². The number of halogens is 1. The number of carbonyl (C=O) groups is 2. The Hall–Kier alpha value is -2.73. The zero-order valence-corrected chi connectivity index (χ0v) is 13.4. The predicted molar refractivity (Wildman–Crippen MR) is 92.2 cm³/mol. The fourth-order valence-corrected chi connectivity index (χ4v) is 2.22. The van der Waals surface area contributed by atoms with Gasteiger partial charge >= 0.3 is 0 Å². The Bertz CT molecular complexity index is 730. The number of anilines is 2. The lowest BCUT2D eigenvalue weighted by molar-refractivity contribution is -0.116. The van der Waals surface area contributed by atoms with Gasteiger partial charge in [0.1, 0.15) is 5.82 Å². The van der Waals surface area contributed by atoms with Crippen LogP contribution in [0.15, 0.2) is 42.5 Å². The highest BCUT2D eigenvalue weighted by atomic mass is 19.1. The maximum atomic E-state index is 12.9. The SMILES string of the molecule is Cc1cc(NC(=O)CCN)ccc1NC(=O)Cc1ccc(F)cc1. The topological polar surface area (TPSA) is 84.2 Å². The van der Waals surface area contributed by atoms with Crippen molar-refractivity contribution in [2.24, 2.45) is 5.73 Å². The Morgan fingerprint density at radius 3 is 2.38 bits per heavy atom. The number of benzene rings is 2. The van der Waals surface area contributed by atoms with E-state index in [9.17, 15) is 14.0 Å². The van der Waals surface area contributed by atoms with Crippen LogP contribution in [0.5, 0.6) is 0 Å². The molecule has 0 fully saturated rings. The summed E-state index contributed by atoms with van der Waals surface area (Å²) in [6.07, 6.45) is 0.421. The molecular weight excluding hydrogens is 309 g/mol. The third-order valence-electron chi connectivity index (χ3n) is 3.43. The number of aryl methyl sites for hydroxylation is 1. The normalized spacial score (nSPS) is 10.3. The Morgan fingerprint density at radius 2 is 1.75 bits per heavy atom. The molecule has 4 N–H and O–H groups in total. The first-order valence-electron chi connectivity index (χ1n) is 7.63. The quantitative estimate of drug-likeness (QED) is 0.761. The minimum absolute atomic E-state index is 0.148. The fraction of sp³-hybridized carbons (Fsp3) is 0.222. The molecule has 0 radical (unpaired) electrons. The van der Waals surface area contributed by atoms with Crippen LogP contribution in [0.25, 0.3) is 0 Å². The molecule has 2 aromatic carbocycles. The van der Waals surface area contributed by atoms with Crippen LogP contribution in [0.4, 0.5) is 15.8 Å². The summed E-state index contributed by atoms with van der Waals surface area (Å²) in [5.74, 6) is -0.670. The molecule has 0 aromatic heterocycles. The summed E-state index contributed by atoms with van der Waals surface area (Å²) in [4.78, 5) is 23.6. The zero-order chi connectivity index (χ0) is 17.5. The predicted octanol–water partition coefficient (Wildman–Crippen LogP) is 2.60. The average Bonchev–Trinajstić information content (AvgIpc) is 2.52. The van der Waals surface area contributed by atoms with E-state index < -0.39 is 0 Å². The van der Waals surface area contributed by atoms with Crippen molar-refractivity contribution in [1.82, 2.24) is 0 Å². The van der Waals surface area contributed by atoms with Gasteiger partial charge in [-0.05, 0) is 48.4 Å². The van der Waals surface area contributed by atoms with Crippen LogP contribution < -0.4 is 16.4 Å². The van der Waals surface area contributed by atoms with Gasteiger partial charge in [0.05, 0.1) is 6.42 Å². The van der Waals surface area contributed by atoms with Crippen molar-refractivity contribution in [3.8, 4) is 0 Å². The molecule has 5 nitrogen and oxygen atoms in total. The monoisotopic (exact) mass is 329 g/mol. The first-order valence-corrected chi connectivity index (χ1v) is 7.63. The Morgan fingerprint density at radius 1 is 1.04 bits per heavy atom. The van der Waals surface area contributed by atoms with Gasteiger partial charge in [0, 0.05) is 24.3 Å². The number of rotatable bonds is 6. The van der Waals surface area contributed by atoms with E-state index in [0.717, 1.165) is 11.1 Å². The van der Waals surface area contributed by atoms with Crippen LogP contribution >= 0.6 is 0 Å². The van der Waals surface area contributed by atoms with Crippen LogP contribution in [0.1, 0.15) is 17.5 Å². The summed E-state index contributed by atoms with van der Waals surface area (Å²) in [5.41, 5.74) is 8.22. The first kappa shape index (κ1) is 17.6. The smallest absolute Gasteiger partial charge is 0.228 e. The third kappa shape index (κ3) is 5.17. The third-order valence-corrected chi connectivity index (χ3v) is 3.43. The molecule has 126 valence electrons. The van der Waals surface area contributed by atoms with Crippen molar-refractivity contribution in [3.63, 3.8) is 0 Å². The number of nitrogens with one attached hydrogen (secondary N) is 2. The summed E-state index contributed by atoms with van der Waals surface area (Å²) in [7, 11) is 0. The van der Waals surface area contributed by atoms with Gasteiger partial charge in [-0.3, -0.25) is 9.59 Å². The molecule has 0 saturated heterocycles. The first-order chi connectivity index (χ1) is 11.5. The lowest BCUT2D eigenvalue weighted by Gasteiger charge is -2.11. The molecule has 2 rings (SSSR count). The van der Waals surface area contributed by atoms with Crippen LogP contribution in [-0.2, 0) is 16.0 Å². The lowest BCUT2D eigenvalue weighted by Crippen LogP contribution is -2.17. The summed E-state index contributed by atoms with van der Waals surface area (Å²) < 4.78 is 12.9. The second kappa shape index (κ2) is 8.21. The molecule has 0 spiro atoms. The highest BCUT2D eigenvalue weighted by Crippen LogP contribution is 2.20. The fourth-order valence-electron chi connectivity index (χ4n) is 2.22. The maximum absolute atomic E-state index is 12.9. The standard InChI is InChI=1S/C18H20FN3O2/c1-12-10-15(21-17(23)8-9-20)6-7-16(12)22-18(24)11-13-2-4-14(19)5-3-13/h2-7,10H,8-9,11,20H2,1H3,(H,21,23)(H,22,24). The molecule has 6 heteroatoms. The van der Waals surface area contributed by atoms with Gasteiger partial charge in [0.25, 0.3) is 0 Å². The van der Waals surface area contributed by atoms with E-state index in [4.69, 9.17) is 5.73 Å². The van der Waals surface area contributed by atoms with Gasteiger partial charge in [0.2, 0.25) is 11.8 Å². The molecule has 2 aromatic rings. The highest BCUT2D eigenvalue weighted by Gasteiger charge is 2.08. The molecule has 0 aliphatic rings. The van der Waals surface area contributed by atoms with Crippen LogP contribution in [0, 0.1) is 12.7 Å². The average molecular weight is 329 g/mol. The van der Waals surface area contributed by atoms with Crippen molar-refractivity contribution in [3.05, 3.63) is 59.4 Å². The van der Waals surface area contributed by atoms with Gasteiger partial charge in [-0.2, -0.15) is 0 Å². The molecule has 0 saturated carbocycles. The molecule has 0 unspecified atom stereocenters. The molecule has 24 heavy (non-hydrogen) atoms. The molecule has 0 atom stereocenters. The van der Waals surface area contributed by atoms with Gasteiger partial charge in [-0.1, -0.05) is 12.1 Å². The van der Waals surface area contributed by atoms with E-state index in [2.05, 4.69) is 10.6 Å². The lowest BCUT2D eigenvalue weighted by atomic mass is 10.1. The van der Waals surface area contributed by atoms with Gasteiger partial charge in [-0.25, -0.2) is 4.39 Å². The summed E-state index contributed by atoms with van der Waals surface area (Å²) in [6.45, 7) is 2.13. The second-order valence-electron chi connectivity index (χ2n) is 5.47. The molecule has 2 amide bonds. The van der Waals surface area contributed by atoms with Crippen molar-refractivity contribution < 1.29 is 14.0 Å². The van der Waals surface area contributed by atoms with Gasteiger partial charge in [0.15, 0.2) is 0 Å². The Balaban J connectivity index is 1.98. The second-order valence-corrected chi connectivity index (χ2v) is 5.47. The van der Waals surface area contributed by atoms with Crippen molar-refractivity contribution in [2.45, 2.75) is 19.8 Å². The highest BCUT2D eigenvalue weighted by molar-refractivity contribution is 5.94. The summed E-state index contributed by atoms with van der Waals surface area (Å²) in [5, 5.41) is 5.56. The van der Waals surface area contributed by atoms with Crippen molar-refractivity contribution in [1.29, 1.82) is 0 Å². The summed E-state index contributed by atoms with van der Waals surface area (Å²) >= 11 is 0. The van der Waals surface area contributed by atoms with Crippen LogP contribution in [0.2, 0.25) is 0 Å². The molecule has 0 aliphatic heterocycles. The van der Waals surface area contributed by atoms with Crippen molar-refractivity contribution in [2.75, 3.05) is 17.2 Å². The Kier molecular flexibility index (Phi) is 6.03. The Labute approximate surface area is 140 Å². The van der Waals surface area contributed by atoms with Crippen molar-refractivity contribution >= 4 is 23.2 Å². The minimum atomic E-state index is -0.331. The largest absolute Gasteiger partial charge is 0.330 e. The van der Waals surface area contributed by atoms with Crippen LogP contribution in [-0.4, -0.2) is 18.4 Å². The molecule has 0 aliphatic carbocycles. The van der Waals surface area contributed by atoms with E-state index in [0.29, 0.717) is 17.9 Å². The zero-order valence-electron chi connectivity index (χ0n) is 13.4. The number of hydrogen-bond acceptors (Lipinski definition) is 3. The summed E-state index contributed by atoms with van der Waals surface area (Å²) in [6, 6.07) is 11.0.